The zero-order valence-corrected chi connectivity index (χ0v) is 12.4. The quantitative estimate of drug-likeness (QED) is 0.921. The van der Waals surface area contributed by atoms with Crippen molar-refractivity contribution in [2.75, 3.05) is 14.2 Å². The molecule has 2 rings (SSSR count). The predicted molar refractivity (Wildman–Crippen MR) is 78.0 cm³/mol. The van der Waals surface area contributed by atoms with Crippen molar-refractivity contribution in [2.45, 2.75) is 6.04 Å². The van der Waals surface area contributed by atoms with Crippen LogP contribution in [-0.2, 0) is 0 Å². The highest BCUT2D eigenvalue weighted by Gasteiger charge is 2.19. The second-order valence-electron chi connectivity index (χ2n) is 4.13. The third kappa shape index (κ3) is 2.96. The molecule has 1 N–H and O–H groups in total. The van der Waals surface area contributed by atoms with Gasteiger partial charge in [0.1, 0.15) is 11.6 Å². The number of hydrogen-bond donors (Lipinski definition) is 1. The number of methoxy groups -OCH3 is 1. The molecule has 0 radical (unpaired) electrons. The Balaban J connectivity index is 2.51. The van der Waals surface area contributed by atoms with Crippen molar-refractivity contribution in [1.82, 2.24) is 5.32 Å². The first-order valence-corrected chi connectivity index (χ1v) is 6.71. The second-order valence-corrected chi connectivity index (χ2v) is 5.05. The highest BCUT2D eigenvalue weighted by Crippen LogP contribution is 2.33. The maximum Gasteiger partial charge on any atom is 0.128 e. The van der Waals surface area contributed by atoms with Crippen LogP contribution < -0.4 is 10.1 Å². The van der Waals surface area contributed by atoms with Gasteiger partial charge in [0.25, 0.3) is 0 Å². The average Bonchev–Trinajstić information content (AvgIpc) is 2.43. The largest absolute Gasteiger partial charge is 0.496 e. The Morgan fingerprint density at radius 2 is 1.89 bits per heavy atom. The van der Waals surface area contributed by atoms with Gasteiger partial charge in [0, 0.05) is 15.6 Å². The van der Waals surface area contributed by atoms with E-state index in [9.17, 15) is 4.39 Å². The minimum atomic E-state index is -0.246. The first-order valence-electron chi connectivity index (χ1n) is 5.92. The molecule has 0 spiro atoms. The van der Waals surface area contributed by atoms with Crippen molar-refractivity contribution < 1.29 is 9.13 Å². The predicted octanol–water partition coefficient (Wildman–Crippen LogP) is 3.91. The lowest BCUT2D eigenvalue weighted by Gasteiger charge is -2.20. The first kappa shape index (κ1) is 14.0. The molecule has 0 saturated heterocycles. The van der Waals surface area contributed by atoms with Gasteiger partial charge in [-0.15, -0.1) is 0 Å². The fraction of sp³-hybridized carbons (Fsp3) is 0.200. The number of benzene rings is 2. The van der Waals surface area contributed by atoms with Gasteiger partial charge >= 0.3 is 0 Å². The fourth-order valence-corrected chi connectivity index (χ4v) is 2.45. The van der Waals surface area contributed by atoms with Gasteiger partial charge in [-0.2, -0.15) is 0 Å². The molecule has 2 aromatic rings. The summed E-state index contributed by atoms with van der Waals surface area (Å²) in [5, 5.41) is 3.13. The Hall–Kier alpha value is -1.39. The van der Waals surface area contributed by atoms with E-state index in [2.05, 4.69) is 21.2 Å². The topological polar surface area (TPSA) is 21.3 Å². The molecule has 0 aliphatic carbocycles. The van der Waals surface area contributed by atoms with Crippen molar-refractivity contribution >= 4 is 15.9 Å². The monoisotopic (exact) mass is 323 g/mol. The van der Waals surface area contributed by atoms with E-state index in [1.807, 2.05) is 24.3 Å². The molecule has 0 aromatic heterocycles. The summed E-state index contributed by atoms with van der Waals surface area (Å²) >= 11 is 3.40. The molecular weight excluding hydrogens is 309 g/mol. The third-order valence-electron chi connectivity index (χ3n) is 3.01. The van der Waals surface area contributed by atoms with Crippen LogP contribution in [0.5, 0.6) is 5.75 Å². The normalized spacial score (nSPS) is 12.2. The van der Waals surface area contributed by atoms with Crippen LogP contribution in [0.2, 0.25) is 0 Å². The van der Waals surface area contributed by atoms with Gasteiger partial charge in [-0.25, -0.2) is 4.39 Å². The van der Waals surface area contributed by atoms with E-state index in [0.717, 1.165) is 15.8 Å². The van der Waals surface area contributed by atoms with Crippen molar-refractivity contribution in [3.8, 4) is 5.75 Å². The number of hydrogen-bond acceptors (Lipinski definition) is 2. The van der Waals surface area contributed by atoms with Crippen molar-refractivity contribution in [3.63, 3.8) is 0 Å². The van der Waals surface area contributed by atoms with Crippen molar-refractivity contribution in [2.24, 2.45) is 0 Å². The Bertz CT molecular complexity index is 574. The van der Waals surface area contributed by atoms with E-state index in [4.69, 9.17) is 4.74 Å². The van der Waals surface area contributed by atoms with E-state index < -0.39 is 0 Å². The summed E-state index contributed by atoms with van der Waals surface area (Å²) in [5.41, 5.74) is 1.50. The summed E-state index contributed by atoms with van der Waals surface area (Å²) in [5.74, 6) is 0.490. The third-order valence-corrected chi connectivity index (χ3v) is 3.50. The van der Waals surface area contributed by atoms with Gasteiger partial charge in [0.15, 0.2) is 0 Å². The lowest BCUT2D eigenvalue weighted by atomic mass is 9.97. The van der Waals surface area contributed by atoms with E-state index in [1.54, 1.807) is 26.3 Å². The van der Waals surface area contributed by atoms with Crippen molar-refractivity contribution in [1.29, 1.82) is 0 Å². The molecule has 2 aromatic carbocycles. The number of ether oxygens (including phenoxy) is 1. The molecule has 2 nitrogen and oxygen atoms in total. The Morgan fingerprint density at radius 1 is 1.16 bits per heavy atom. The molecule has 0 aliphatic heterocycles. The van der Waals surface area contributed by atoms with Crippen LogP contribution in [0.25, 0.3) is 0 Å². The maximum absolute atomic E-state index is 13.9. The summed E-state index contributed by atoms with van der Waals surface area (Å²) in [4.78, 5) is 0. The van der Waals surface area contributed by atoms with Gasteiger partial charge in [0.05, 0.1) is 13.2 Å². The molecule has 1 atom stereocenters. The lowest BCUT2D eigenvalue weighted by Crippen LogP contribution is -2.19. The molecule has 0 bridgehead atoms. The van der Waals surface area contributed by atoms with E-state index in [0.29, 0.717) is 5.56 Å². The van der Waals surface area contributed by atoms with Crippen LogP contribution in [0.15, 0.2) is 46.9 Å². The number of rotatable bonds is 4. The second kappa shape index (κ2) is 6.17. The van der Waals surface area contributed by atoms with E-state index >= 15 is 0 Å². The van der Waals surface area contributed by atoms with Gasteiger partial charge in [-0.05, 0) is 25.2 Å². The number of nitrogens with one attached hydrogen (secondary N) is 1. The maximum atomic E-state index is 13.9. The summed E-state index contributed by atoms with van der Waals surface area (Å²) in [6.45, 7) is 0. The summed E-state index contributed by atoms with van der Waals surface area (Å²) in [6.07, 6.45) is 0. The number of halogens is 2. The van der Waals surface area contributed by atoms with Gasteiger partial charge in [0.2, 0.25) is 0 Å². The van der Waals surface area contributed by atoms with Crippen LogP contribution >= 0.6 is 15.9 Å². The molecule has 0 saturated carbocycles. The molecule has 4 heteroatoms. The minimum absolute atomic E-state index is 0.230. The summed E-state index contributed by atoms with van der Waals surface area (Å²) in [7, 11) is 3.41. The van der Waals surface area contributed by atoms with Gasteiger partial charge in [-0.3, -0.25) is 0 Å². The van der Waals surface area contributed by atoms with Crippen LogP contribution in [0.1, 0.15) is 17.2 Å². The van der Waals surface area contributed by atoms with Crippen LogP contribution in [-0.4, -0.2) is 14.2 Å². The highest BCUT2D eigenvalue weighted by atomic mass is 79.9. The molecule has 19 heavy (non-hydrogen) atoms. The van der Waals surface area contributed by atoms with Crippen LogP contribution in [0, 0.1) is 5.82 Å². The molecule has 0 heterocycles. The smallest absolute Gasteiger partial charge is 0.128 e. The van der Waals surface area contributed by atoms with Crippen LogP contribution in [0.3, 0.4) is 0 Å². The molecule has 1 unspecified atom stereocenters. The SMILES string of the molecule is CNC(c1ccccc1F)c1ccc(Br)cc1OC. The van der Waals surface area contributed by atoms with E-state index in [1.165, 1.54) is 6.07 Å². The van der Waals surface area contributed by atoms with Crippen molar-refractivity contribution in [3.05, 3.63) is 63.9 Å². The van der Waals surface area contributed by atoms with E-state index in [-0.39, 0.29) is 11.9 Å². The van der Waals surface area contributed by atoms with Gasteiger partial charge < -0.3 is 10.1 Å². The molecule has 100 valence electrons. The average molecular weight is 324 g/mol. The summed E-state index contributed by atoms with van der Waals surface area (Å²) < 4.78 is 20.2. The van der Waals surface area contributed by atoms with Crippen LogP contribution in [0.4, 0.5) is 4.39 Å². The van der Waals surface area contributed by atoms with Gasteiger partial charge in [-0.1, -0.05) is 40.2 Å². The first-order chi connectivity index (χ1) is 9.17. The molecule has 0 aliphatic rings. The Kier molecular flexibility index (Phi) is 4.56. The zero-order chi connectivity index (χ0) is 13.8. The Morgan fingerprint density at radius 3 is 2.53 bits per heavy atom. The molecule has 0 fully saturated rings. The highest BCUT2D eigenvalue weighted by molar-refractivity contribution is 9.10. The molecular formula is C15H15BrFNO. The molecule has 0 amide bonds. The minimum Gasteiger partial charge on any atom is -0.496 e. The lowest BCUT2D eigenvalue weighted by molar-refractivity contribution is 0.404. The zero-order valence-electron chi connectivity index (χ0n) is 10.8. The summed E-state index contributed by atoms with van der Waals surface area (Å²) in [6, 6.07) is 12.2. The fourth-order valence-electron chi connectivity index (χ4n) is 2.11. The standard InChI is InChI=1S/C15H15BrFNO/c1-18-15(11-5-3-4-6-13(11)17)12-8-7-10(16)9-14(12)19-2/h3-9,15,18H,1-2H3. The Labute approximate surface area is 120 Å².